The van der Waals surface area contributed by atoms with Crippen molar-refractivity contribution in [1.29, 1.82) is 0 Å². The summed E-state index contributed by atoms with van der Waals surface area (Å²) in [5.41, 5.74) is 6.41. The standard InChI is InChI=1S/C48H61N3O/c1-31(2)38-25-23-33(5)27-40(38)47(7,35-17-11-9-12-18-35)37-29-42(46(52)45(30-37)51-49-43-21-15-16-22-44(43)50-51)48(8,36-19-13-10-14-20-36)41-28-34(6)24-26-39(41)32(3)4/h9-22,29-34,38-41,52H,23-28H2,1-8H3. The van der Waals surface area contributed by atoms with Crippen LogP contribution in [0.25, 0.3) is 16.7 Å². The number of benzene rings is 4. The summed E-state index contributed by atoms with van der Waals surface area (Å²) in [7, 11) is 0. The van der Waals surface area contributed by atoms with Crippen molar-refractivity contribution in [3.63, 3.8) is 0 Å². The Kier molecular flexibility index (Phi) is 10.1. The van der Waals surface area contributed by atoms with E-state index < -0.39 is 5.41 Å². The van der Waals surface area contributed by atoms with E-state index in [9.17, 15) is 5.11 Å². The van der Waals surface area contributed by atoms with E-state index in [0.717, 1.165) is 23.0 Å². The SMILES string of the molecule is CC1CCC(C(C)C)C(C(C)(c2ccccc2)c2cc(-n3nc4ccccc4n3)c(O)c(C(C)(c3ccccc3)C3CC(C)CCC3C(C)C)c2)C1. The average Bonchev–Trinajstić information content (AvgIpc) is 3.59. The summed E-state index contributed by atoms with van der Waals surface area (Å²) < 4.78 is 0. The number of nitrogens with zero attached hydrogens (tertiary/aromatic N) is 3. The molecule has 8 unspecified atom stereocenters. The number of phenols is 1. The number of hydrogen-bond acceptors (Lipinski definition) is 3. The van der Waals surface area contributed by atoms with Crippen LogP contribution in [-0.4, -0.2) is 20.1 Å². The van der Waals surface area contributed by atoms with E-state index in [1.807, 2.05) is 24.3 Å². The molecule has 4 aromatic carbocycles. The monoisotopic (exact) mass is 695 g/mol. The van der Waals surface area contributed by atoms with Gasteiger partial charge in [-0.15, -0.1) is 15.0 Å². The van der Waals surface area contributed by atoms with E-state index in [2.05, 4.69) is 128 Å². The molecule has 8 atom stereocenters. The molecule has 2 fully saturated rings. The first-order chi connectivity index (χ1) is 24.9. The summed E-state index contributed by atoms with van der Waals surface area (Å²) in [6, 6.07) is 35.1. The second-order valence-corrected chi connectivity index (χ2v) is 17.9. The first-order valence-corrected chi connectivity index (χ1v) is 20.2. The maximum Gasteiger partial charge on any atom is 0.147 e. The van der Waals surface area contributed by atoms with E-state index in [0.29, 0.717) is 58.8 Å². The number of phenolic OH excluding ortho intramolecular Hbond substituents is 1. The third-order valence-electron chi connectivity index (χ3n) is 14.0. The molecule has 0 bridgehead atoms. The molecule has 1 aromatic heterocycles. The molecule has 5 aromatic rings. The lowest BCUT2D eigenvalue weighted by Gasteiger charge is -2.50. The lowest BCUT2D eigenvalue weighted by molar-refractivity contribution is 0.0906. The van der Waals surface area contributed by atoms with Gasteiger partial charge in [-0.25, -0.2) is 0 Å². The van der Waals surface area contributed by atoms with Crippen LogP contribution in [0.3, 0.4) is 0 Å². The zero-order valence-electron chi connectivity index (χ0n) is 32.9. The van der Waals surface area contributed by atoms with E-state index in [1.165, 1.54) is 48.8 Å². The molecule has 4 heteroatoms. The fraction of sp³-hybridized carbons (Fsp3) is 0.500. The van der Waals surface area contributed by atoms with Gasteiger partial charge in [-0.1, -0.05) is 147 Å². The van der Waals surface area contributed by atoms with Crippen molar-refractivity contribution in [2.45, 2.75) is 105 Å². The smallest absolute Gasteiger partial charge is 0.147 e. The molecule has 2 saturated carbocycles. The summed E-state index contributed by atoms with van der Waals surface area (Å²) in [6.45, 7) is 19.5. The number of rotatable bonds is 9. The van der Waals surface area contributed by atoms with Crippen molar-refractivity contribution >= 4 is 11.0 Å². The second-order valence-electron chi connectivity index (χ2n) is 17.9. The maximum absolute atomic E-state index is 12.9. The maximum atomic E-state index is 12.9. The summed E-state index contributed by atoms with van der Waals surface area (Å²) in [5, 5.41) is 23.0. The first kappa shape index (κ1) is 36.4. The van der Waals surface area contributed by atoms with Gasteiger partial charge < -0.3 is 5.11 Å². The Morgan fingerprint density at radius 3 is 1.52 bits per heavy atom. The van der Waals surface area contributed by atoms with Crippen molar-refractivity contribution < 1.29 is 5.11 Å². The fourth-order valence-corrected chi connectivity index (χ4v) is 10.9. The lowest BCUT2D eigenvalue weighted by Crippen LogP contribution is -2.45. The third-order valence-corrected chi connectivity index (χ3v) is 14.0. The van der Waals surface area contributed by atoms with Crippen LogP contribution in [0.15, 0.2) is 97.1 Å². The quantitative estimate of drug-likeness (QED) is 0.167. The highest BCUT2D eigenvalue weighted by molar-refractivity contribution is 5.74. The molecule has 52 heavy (non-hydrogen) atoms. The molecule has 0 amide bonds. The van der Waals surface area contributed by atoms with Crippen LogP contribution in [0.5, 0.6) is 5.75 Å². The highest BCUT2D eigenvalue weighted by Gasteiger charge is 2.49. The van der Waals surface area contributed by atoms with Crippen LogP contribution >= 0.6 is 0 Å². The van der Waals surface area contributed by atoms with Gasteiger partial charge in [-0.05, 0) is 108 Å². The fourth-order valence-electron chi connectivity index (χ4n) is 10.9. The largest absolute Gasteiger partial charge is 0.505 e. The van der Waals surface area contributed by atoms with E-state index >= 15 is 0 Å². The normalized spacial score (nSPS) is 26.3. The predicted octanol–water partition coefficient (Wildman–Crippen LogP) is 12.2. The Hall–Kier alpha value is -3.92. The third kappa shape index (κ3) is 6.39. The molecule has 274 valence electrons. The van der Waals surface area contributed by atoms with Crippen molar-refractivity contribution in [1.82, 2.24) is 15.0 Å². The topological polar surface area (TPSA) is 50.9 Å². The Morgan fingerprint density at radius 1 is 0.596 bits per heavy atom. The van der Waals surface area contributed by atoms with Gasteiger partial charge in [0.2, 0.25) is 0 Å². The van der Waals surface area contributed by atoms with E-state index in [-0.39, 0.29) is 5.41 Å². The molecule has 0 radical (unpaired) electrons. The van der Waals surface area contributed by atoms with Crippen LogP contribution in [0, 0.1) is 47.3 Å². The van der Waals surface area contributed by atoms with Gasteiger partial charge in [0, 0.05) is 16.4 Å². The minimum atomic E-state index is -0.457. The summed E-state index contributed by atoms with van der Waals surface area (Å²) in [5.74, 6) is 4.56. The van der Waals surface area contributed by atoms with Crippen molar-refractivity contribution in [3.8, 4) is 11.4 Å². The molecular formula is C48H61N3O. The molecule has 7 rings (SSSR count). The van der Waals surface area contributed by atoms with Crippen LogP contribution in [0.2, 0.25) is 0 Å². The Morgan fingerprint density at radius 2 is 1.04 bits per heavy atom. The molecule has 1 N–H and O–H groups in total. The highest BCUT2D eigenvalue weighted by Crippen LogP contribution is 2.57. The van der Waals surface area contributed by atoms with Crippen LogP contribution < -0.4 is 0 Å². The molecule has 4 nitrogen and oxygen atoms in total. The van der Waals surface area contributed by atoms with Gasteiger partial charge >= 0.3 is 0 Å². The molecule has 2 aliphatic carbocycles. The molecule has 0 aliphatic heterocycles. The Balaban J connectivity index is 1.57. The Bertz CT molecular complexity index is 1930. The minimum Gasteiger partial charge on any atom is -0.505 e. The average molecular weight is 696 g/mol. The molecule has 1 heterocycles. The van der Waals surface area contributed by atoms with E-state index in [4.69, 9.17) is 10.2 Å². The molecule has 0 saturated heterocycles. The van der Waals surface area contributed by atoms with Gasteiger partial charge in [0.15, 0.2) is 0 Å². The van der Waals surface area contributed by atoms with Crippen molar-refractivity contribution in [3.05, 3.63) is 119 Å². The zero-order chi connectivity index (χ0) is 36.8. The van der Waals surface area contributed by atoms with Crippen LogP contribution in [0.4, 0.5) is 0 Å². The number of hydrogen-bond donors (Lipinski definition) is 1. The second kappa shape index (κ2) is 14.5. The molecule has 2 aliphatic rings. The predicted molar refractivity (Wildman–Crippen MR) is 216 cm³/mol. The number of aromatic hydroxyl groups is 1. The highest BCUT2D eigenvalue weighted by atomic mass is 16.3. The summed E-state index contributed by atoms with van der Waals surface area (Å²) in [6.07, 6.45) is 7.30. The number of aromatic nitrogens is 3. The van der Waals surface area contributed by atoms with Gasteiger partial charge in [-0.3, -0.25) is 0 Å². The van der Waals surface area contributed by atoms with Crippen molar-refractivity contribution in [2.75, 3.05) is 0 Å². The zero-order valence-corrected chi connectivity index (χ0v) is 32.9. The summed E-state index contributed by atoms with van der Waals surface area (Å²) >= 11 is 0. The number of fused-ring (bicyclic) bond motifs is 1. The van der Waals surface area contributed by atoms with Crippen molar-refractivity contribution in [2.24, 2.45) is 47.3 Å². The van der Waals surface area contributed by atoms with Gasteiger partial charge in [0.05, 0.1) is 0 Å². The summed E-state index contributed by atoms with van der Waals surface area (Å²) in [4.78, 5) is 1.72. The van der Waals surface area contributed by atoms with Crippen LogP contribution in [0.1, 0.15) is 116 Å². The van der Waals surface area contributed by atoms with Gasteiger partial charge in [-0.2, -0.15) is 0 Å². The lowest BCUT2D eigenvalue weighted by atomic mass is 9.53. The van der Waals surface area contributed by atoms with Crippen LogP contribution in [-0.2, 0) is 10.8 Å². The molecule has 0 spiro atoms. The van der Waals surface area contributed by atoms with E-state index in [1.54, 1.807) is 4.80 Å². The Labute approximate surface area is 313 Å². The first-order valence-electron chi connectivity index (χ1n) is 20.2. The minimum absolute atomic E-state index is 0.295. The molecular weight excluding hydrogens is 635 g/mol. The van der Waals surface area contributed by atoms with Gasteiger partial charge in [0.25, 0.3) is 0 Å². The van der Waals surface area contributed by atoms with Gasteiger partial charge in [0.1, 0.15) is 22.5 Å².